The van der Waals surface area contributed by atoms with Gasteiger partial charge in [-0.3, -0.25) is 14.7 Å². The monoisotopic (exact) mass is 438 g/mol. The number of H-pyrrole nitrogens is 1. The van der Waals surface area contributed by atoms with Crippen molar-refractivity contribution >= 4 is 28.4 Å². The molecule has 4 aromatic rings. The van der Waals surface area contributed by atoms with Crippen molar-refractivity contribution in [3.63, 3.8) is 0 Å². The second-order valence-corrected chi connectivity index (χ2v) is 8.62. The van der Waals surface area contributed by atoms with E-state index in [-0.39, 0.29) is 23.8 Å². The van der Waals surface area contributed by atoms with E-state index in [1.54, 1.807) is 0 Å². The number of fused-ring (bicyclic) bond motifs is 1. The molecular formula is C27H26N4O2. The van der Waals surface area contributed by atoms with Crippen molar-refractivity contribution in [2.24, 2.45) is 0 Å². The molecule has 0 saturated heterocycles. The third kappa shape index (κ3) is 4.80. The van der Waals surface area contributed by atoms with Gasteiger partial charge in [-0.1, -0.05) is 60.7 Å². The van der Waals surface area contributed by atoms with E-state index >= 15 is 0 Å². The minimum atomic E-state index is -0.0937. The Hall–Kier alpha value is -3.93. The van der Waals surface area contributed by atoms with E-state index in [0.717, 1.165) is 41.3 Å². The van der Waals surface area contributed by atoms with Crippen LogP contribution in [-0.2, 0) is 11.2 Å². The molecule has 5 rings (SSSR count). The molecule has 2 amide bonds. The summed E-state index contributed by atoms with van der Waals surface area (Å²) in [6, 6.07) is 25.4. The standard InChI is InChI=1S/C27H26N4O2/c32-26(16-20-11-6-10-18-7-4-5-12-23(18)20)29-25-17-24(30-31-25)21-13-14-22(15-21)28-27(33)19-8-2-1-3-9-19/h1-12,17,21-22H,13-16H2,(H,28,33)(H2,29,30,31,32). The number of nitrogens with zero attached hydrogens (tertiary/aromatic N) is 1. The molecule has 2 atom stereocenters. The average molecular weight is 439 g/mol. The van der Waals surface area contributed by atoms with Crippen molar-refractivity contribution in [1.82, 2.24) is 15.5 Å². The van der Waals surface area contributed by atoms with Crippen molar-refractivity contribution in [2.45, 2.75) is 37.6 Å². The second-order valence-electron chi connectivity index (χ2n) is 8.62. The predicted octanol–water partition coefficient (Wildman–Crippen LogP) is 4.81. The lowest BCUT2D eigenvalue weighted by Gasteiger charge is -2.13. The summed E-state index contributed by atoms with van der Waals surface area (Å²) in [5.41, 5.74) is 2.67. The molecule has 6 heteroatoms. The number of nitrogens with one attached hydrogen (secondary N) is 3. The molecule has 2 unspecified atom stereocenters. The Balaban J connectivity index is 1.17. The van der Waals surface area contributed by atoms with Crippen molar-refractivity contribution in [3.05, 3.63) is 95.7 Å². The van der Waals surface area contributed by atoms with Crippen LogP contribution in [0.4, 0.5) is 5.82 Å². The highest BCUT2D eigenvalue weighted by Gasteiger charge is 2.28. The lowest BCUT2D eigenvalue weighted by molar-refractivity contribution is -0.115. The summed E-state index contributed by atoms with van der Waals surface area (Å²) in [4.78, 5) is 25.1. The van der Waals surface area contributed by atoms with Gasteiger partial charge in [0, 0.05) is 29.3 Å². The summed E-state index contributed by atoms with van der Waals surface area (Å²) in [5.74, 6) is 0.686. The molecule has 0 radical (unpaired) electrons. The van der Waals surface area contributed by atoms with Crippen LogP contribution in [0, 0.1) is 0 Å². The number of carbonyl (C=O) groups excluding carboxylic acids is 2. The fourth-order valence-corrected chi connectivity index (χ4v) is 4.67. The number of aromatic amines is 1. The highest BCUT2D eigenvalue weighted by atomic mass is 16.2. The Morgan fingerprint density at radius 3 is 2.61 bits per heavy atom. The van der Waals surface area contributed by atoms with Gasteiger partial charge in [0.1, 0.15) is 0 Å². The smallest absolute Gasteiger partial charge is 0.251 e. The number of hydrogen-bond donors (Lipinski definition) is 3. The van der Waals surface area contributed by atoms with E-state index in [2.05, 4.69) is 20.8 Å². The lowest BCUT2D eigenvalue weighted by Crippen LogP contribution is -2.32. The van der Waals surface area contributed by atoms with Gasteiger partial charge in [0.2, 0.25) is 5.91 Å². The topological polar surface area (TPSA) is 86.9 Å². The zero-order chi connectivity index (χ0) is 22.6. The normalized spacial score (nSPS) is 17.7. The first kappa shape index (κ1) is 20.9. The van der Waals surface area contributed by atoms with E-state index in [9.17, 15) is 9.59 Å². The maximum absolute atomic E-state index is 12.7. The molecule has 0 spiro atoms. The van der Waals surface area contributed by atoms with E-state index in [4.69, 9.17) is 0 Å². The number of benzene rings is 3. The number of anilines is 1. The first-order valence-corrected chi connectivity index (χ1v) is 11.3. The molecule has 166 valence electrons. The Bertz CT molecular complexity index is 1280. The molecule has 1 heterocycles. The highest BCUT2D eigenvalue weighted by molar-refractivity contribution is 5.96. The molecule has 1 saturated carbocycles. The highest BCUT2D eigenvalue weighted by Crippen LogP contribution is 2.34. The van der Waals surface area contributed by atoms with Crippen LogP contribution in [0.15, 0.2) is 78.9 Å². The number of amides is 2. The van der Waals surface area contributed by atoms with Crippen LogP contribution in [0.1, 0.15) is 46.8 Å². The summed E-state index contributed by atoms with van der Waals surface area (Å²) in [5, 5.41) is 15.6. The minimum absolute atomic E-state index is 0.0350. The Labute approximate surface area is 192 Å². The summed E-state index contributed by atoms with van der Waals surface area (Å²) < 4.78 is 0. The molecule has 0 aliphatic heterocycles. The number of aromatic nitrogens is 2. The maximum atomic E-state index is 12.7. The van der Waals surface area contributed by atoms with E-state index in [1.165, 1.54) is 0 Å². The average Bonchev–Trinajstić information content (AvgIpc) is 3.49. The molecule has 1 aliphatic carbocycles. The summed E-state index contributed by atoms with van der Waals surface area (Å²) >= 11 is 0. The van der Waals surface area contributed by atoms with Gasteiger partial charge in [-0.2, -0.15) is 5.10 Å². The van der Waals surface area contributed by atoms with Gasteiger partial charge in [0.25, 0.3) is 5.91 Å². The Kier molecular flexibility index (Phi) is 5.89. The van der Waals surface area contributed by atoms with Gasteiger partial charge in [-0.15, -0.1) is 0 Å². The molecule has 3 N–H and O–H groups in total. The van der Waals surface area contributed by atoms with Crippen LogP contribution >= 0.6 is 0 Å². The van der Waals surface area contributed by atoms with Crippen LogP contribution < -0.4 is 10.6 Å². The van der Waals surface area contributed by atoms with Crippen molar-refractivity contribution < 1.29 is 9.59 Å². The zero-order valence-corrected chi connectivity index (χ0v) is 18.3. The Morgan fingerprint density at radius 2 is 1.73 bits per heavy atom. The molecular weight excluding hydrogens is 412 g/mol. The first-order valence-electron chi connectivity index (χ1n) is 11.3. The lowest BCUT2D eigenvalue weighted by atomic mass is 10.0. The predicted molar refractivity (Wildman–Crippen MR) is 129 cm³/mol. The fraction of sp³-hybridized carbons (Fsp3) is 0.222. The number of carbonyl (C=O) groups is 2. The molecule has 6 nitrogen and oxygen atoms in total. The number of rotatable bonds is 6. The van der Waals surface area contributed by atoms with E-state index < -0.39 is 0 Å². The zero-order valence-electron chi connectivity index (χ0n) is 18.3. The summed E-state index contributed by atoms with van der Waals surface area (Å²) in [6.45, 7) is 0. The van der Waals surface area contributed by atoms with Crippen LogP contribution in [0.5, 0.6) is 0 Å². The van der Waals surface area contributed by atoms with Crippen LogP contribution in [-0.4, -0.2) is 28.1 Å². The van der Waals surface area contributed by atoms with E-state index in [0.29, 0.717) is 17.8 Å². The molecule has 1 aliphatic rings. The largest absolute Gasteiger partial charge is 0.349 e. The van der Waals surface area contributed by atoms with Gasteiger partial charge >= 0.3 is 0 Å². The van der Waals surface area contributed by atoms with Gasteiger partial charge in [0.15, 0.2) is 5.82 Å². The van der Waals surface area contributed by atoms with Gasteiger partial charge in [-0.05, 0) is 47.7 Å². The fourth-order valence-electron chi connectivity index (χ4n) is 4.67. The van der Waals surface area contributed by atoms with Gasteiger partial charge in [0.05, 0.1) is 6.42 Å². The summed E-state index contributed by atoms with van der Waals surface area (Å²) in [6.07, 6.45) is 3.03. The molecule has 3 aromatic carbocycles. The van der Waals surface area contributed by atoms with Gasteiger partial charge in [-0.25, -0.2) is 0 Å². The third-order valence-corrected chi connectivity index (χ3v) is 6.34. The maximum Gasteiger partial charge on any atom is 0.251 e. The summed E-state index contributed by atoms with van der Waals surface area (Å²) in [7, 11) is 0. The molecule has 0 bridgehead atoms. The minimum Gasteiger partial charge on any atom is -0.349 e. The quantitative estimate of drug-likeness (QED) is 0.404. The molecule has 1 fully saturated rings. The van der Waals surface area contributed by atoms with Crippen molar-refractivity contribution in [1.29, 1.82) is 0 Å². The molecule has 1 aromatic heterocycles. The van der Waals surface area contributed by atoms with E-state index in [1.807, 2.05) is 78.9 Å². The third-order valence-electron chi connectivity index (χ3n) is 6.34. The van der Waals surface area contributed by atoms with Gasteiger partial charge < -0.3 is 10.6 Å². The van der Waals surface area contributed by atoms with Crippen molar-refractivity contribution in [2.75, 3.05) is 5.32 Å². The van der Waals surface area contributed by atoms with Crippen LogP contribution in [0.3, 0.4) is 0 Å². The molecule has 33 heavy (non-hydrogen) atoms. The first-order chi connectivity index (χ1) is 16.2. The second kappa shape index (κ2) is 9.28. The number of hydrogen-bond acceptors (Lipinski definition) is 3. The SMILES string of the molecule is O=C(Cc1cccc2ccccc12)Nc1cc(C2CCC(NC(=O)c3ccccc3)C2)[nH]n1. The van der Waals surface area contributed by atoms with Crippen molar-refractivity contribution in [3.8, 4) is 0 Å². The van der Waals surface area contributed by atoms with Crippen LogP contribution in [0.25, 0.3) is 10.8 Å². The Morgan fingerprint density at radius 1 is 0.939 bits per heavy atom. The van der Waals surface area contributed by atoms with Crippen LogP contribution in [0.2, 0.25) is 0 Å².